The van der Waals surface area contributed by atoms with E-state index in [1.54, 1.807) is 38.1 Å². The molecule has 0 radical (unpaired) electrons. The van der Waals surface area contributed by atoms with Gasteiger partial charge in [-0.2, -0.15) is 0 Å². The van der Waals surface area contributed by atoms with E-state index in [-0.39, 0.29) is 22.6 Å². The van der Waals surface area contributed by atoms with Crippen molar-refractivity contribution in [3.63, 3.8) is 0 Å². The molecule has 2 aromatic rings. The Morgan fingerprint density at radius 2 is 1.28 bits per heavy atom. The van der Waals surface area contributed by atoms with Gasteiger partial charge in [-0.25, -0.2) is 9.59 Å². The molecule has 6 heteroatoms. The number of ether oxygens (including phenoxy) is 3. The van der Waals surface area contributed by atoms with Crippen molar-refractivity contribution in [3.8, 4) is 22.6 Å². The lowest BCUT2D eigenvalue weighted by Crippen LogP contribution is -2.08. The first-order chi connectivity index (χ1) is 11.9. The molecule has 1 N–H and O–H groups in total. The summed E-state index contributed by atoms with van der Waals surface area (Å²) in [6.45, 7) is 3.45. The van der Waals surface area contributed by atoms with Gasteiger partial charge in [0.15, 0.2) is 0 Å². The zero-order chi connectivity index (χ0) is 18.7. The first-order valence-corrected chi connectivity index (χ1v) is 7.54. The van der Waals surface area contributed by atoms with E-state index in [1.807, 2.05) is 0 Å². The SMILES string of the molecule is COC(=O)c1c(C)ccc(-c2ccc(C)c(C(=O)OC)c2OC)c1O. The van der Waals surface area contributed by atoms with Gasteiger partial charge >= 0.3 is 11.9 Å². The fourth-order valence-electron chi connectivity index (χ4n) is 2.73. The molecular formula is C19H20O6. The number of carbonyl (C=O) groups is 2. The average molecular weight is 344 g/mol. The van der Waals surface area contributed by atoms with Crippen LogP contribution in [0.3, 0.4) is 0 Å². The molecule has 0 atom stereocenters. The molecule has 0 aliphatic heterocycles. The van der Waals surface area contributed by atoms with Crippen molar-refractivity contribution in [3.05, 3.63) is 46.5 Å². The number of phenolic OH excluding ortho intramolecular Hbond substituents is 1. The van der Waals surface area contributed by atoms with Crippen LogP contribution in [-0.4, -0.2) is 38.4 Å². The van der Waals surface area contributed by atoms with Crippen molar-refractivity contribution in [1.82, 2.24) is 0 Å². The standard InChI is InChI=1S/C19H20O6/c1-10-6-8-12(16(20)14(10)18(21)24-4)13-9-7-11(2)15(17(13)23-3)19(22)25-5/h6-9,20H,1-5H3. The molecule has 0 unspecified atom stereocenters. The third-order valence-corrected chi connectivity index (χ3v) is 4.03. The second-order valence-corrected chi connectivity index (χ2v) is 5.48. The molecule has 0 spiro atoms. The van der Waals surface area contributed by atoms with E-state index in [9.17, 15) is 14.7 Å². The van der Waals surface area contributed by atoms with Crippen LogP contribution in [0.5, 0.6) is 11.5 Å². The molecule has 0 bridgehead atoms. The monoisotopic (exact) mass is 344 g/mol. The van der Waals surface area contributed by atoms with Gasteiger partial charge in [0.05, 0.1) is 21.3 Å². The fraction of sp³-hybridized carbons (Fsp3) is 0.263. The lowest BCUT2D eigenvalue weighted by Gasteiger charge is -2.17. The van der Waals surface area contributed by atoms with Crippen molar-refractivity contribution in [1.29, 1.82) is 0 Å². The molecule has 25 heavy (non-hydrogen) atoms. The summed E-state index contributed by atoms with van der Waals surface area (Å²) in [5.41, 5.74) is 2.41. The molecule has 0 amide bonds. The van der Waals surface area contributed by atoms with Crippen LogP contribution < -0.4 is 4.74 Å². The van der Waals surface area contributed by atoms with E-state index in [0.717, 1.165) is 0 Å². The third kappa shape index (κ3) is 3.15. The molecule has 0 aliphatic carbocycles. The molecule has 0 fully saturated rings. The normalized spacial score (nSPS) is 10.3. The van der Waals surface area contributed by atoms with Gasteiger partial charge in [0.25, 0.3) is 0 Å². The quantitative estimate of drug-likeness (QED) is 0.857. The van der Waals surface area contributed by atoms with E-state index >= 15 is 0 Å². The van der Waals surface area contributed by atoms with Crippen molar-refractivity contribution in [2.24, 2.45) is 0 Å². The largest absolute Gasteiger partial charge is 0.506 e. The lowest BCUT2D eigenvalue weighted by atomic mass is 9.94. The van der Waals surface area contributed by atoms with Gasteiger partial charge < -0.3 is 19.3 Å². The molecule has 2 aromatic carbocycles. The van der Waals surface area contributed by atoms with Crippen LogP contribution in [0.4, 0.5) is 0 Å². The second kappa shape index (κ2) is 7.25. The molecule has 0 aliphatic rings. The zero-order valence-corrected chi connectivity index (χ0v) is 14.8. The van der Waals surface area contributed by atoms with Gasteiger partial charge in [0, 0.05) is 11.1 Å². The lowest BCUT2D eigenvalue weighted by molar-refractivity contribution is 0.0586. The topological polar surface area (TPSA) is 82.1 Å². The molecule has 0 aromatic heterocycles. The number of phenols is 1. The molecule has 0 heterocycles. The molecule has 132 valence electrons. The number of hydrogen-bond acceptors (Lipinski definition) is 6. The number of benzene rings is 2. The maximum atomic E-state index is 12.1. The van der Waals surface area contributed by atoms with Gasteiger partial charge in [-0.3, -0.25) is 0 Å². The fourth-order valence-corrected chi connectivity index (χ4v) is 2.73. The number of aromatic hydroxyl groups is 1. The predicted molar refractivity (Wildman–Crippen MR) is 92.2 cm³/mol. The third-order valence-electron chi connectivity index (χ3n) is 4.03. The molecule has 2 rings (SSSR count). The van der Waals surface area contributed by atoms with Gasteiger partial charge in [-0.1, -0.05) is 24.3 Å². The predicted octanol–water partition coefficient (Wildman–Crippen LogP) is 3.26. The number of rotatable bonds is 4. The first kappa shape index (κ1) is 18.3. The van der Waals surface area contributed by atoms with Crippen LogP contribution in [0, 0.1) is 13.8 Å². The van der Waals surface area contributed by atoms with Crippen LogP contribution >= 0.6 is 0 Å². The van der Waals surface area contributed by atoms with Crippen LogP contribution in [-0.2, 0) is 9.47 Å². The molecule has 0 saturated heterocycles. The van der Waals surface area contributed by atoms with E-state index < -0.39 is 11.9 Å². The van der Waals surface area contributed by atoms with Crippen molar-refractivity contribution >= 4 is 11.9 Å². The van der Waals surface area contributed by atoms with Crippen LogP contribution in [0.25, 0.3) is 11.1 Å². The van der Waals surface area contributed by atoms with Crippen molar-refractivity contribution in [2.45, 2.75) is 13.8 Å². The van der Waals surface area contributed by atoms with Gasteiger partial charge in [-0.15, -0.1) is 0 Å². The Morgan fingerprint density at radius 1 is 0.800 bits per heavy atom. The van der Waals surface area contributed by atoms with Gasteiger partial charge in [0.1, 0.15) is 22.6 Å². The van der Waals surface area contributed by atoms with Crippen LogP contribution in [0.2, 0.25) is 0 Å². The van der Waals surface area contributed by atoms with E-state index in [2.05, 4.69) is 0 Å². The molecule has 6 nitrogen and oxygen atoms in total. The minimum absolute atomic E-state index is 0.0715. The van der Waals surface area contributed by atoms with Crippen molar-refractivity contribution in [2.75, 3.05) is 21.3 Å². The number of carbonyl (C=O) groups excluding carboxylic acids is 2. The smallest absolute Gasteiger partial charge is 0.341 e. The minimum Gasteiger partial charge on any atom is -0.506 e. The Kier molecular flexibility index (Phi) is 5.32. The maximum absolute atomic E-state index is 12.1. The van der Waals surface area contributed by atoms with E-state index in [0.29, 0.717) is 22.3 Å². The summed E-state index contributed by atoms with van der Waals surface area (Å²) >= 11 is 0. The highest BCUT2D eigenvalue weighted by Gasteiger charge is 2.24. The highest BCUT2D eigenvalue weighted by molar-refractivity contribution is 6.00. The highest BCUT2D eigenvalue weighted by atomic mass is 16.5. The minimum atomic E-state index is -0.642. The summed E-state index contributed by atoms with van der Waals surface area (Å²) in [5.74, 6) is -1.15. The number of aryl methyl sites for hydroxylation is 2. The zero-order valence-electron chi connectivity index (χ0n) is 14.8. The summed E-state index contributed by atoms with van der Waals surface area (Å²) in [6, 6.07) is 6.79. The number of hydrogen-bond donors (Lipinski definition) is 1. The Morgan fingerprint density at radius 3 is 1.80 bits per heavy atom. The number of esters is 2. The van der Waals surface area contributed by atoms with Crippen LogP contribution in [0.15, 0.2) is 24.3 Å². The summed E-state index contributed by atoms with van der Waals surface area (Å²) in [5, 5.41) is 10.6. The maximum Gasteiger partial charge on any atom is 0.341 e. The second-order valence-electron chi connectivity index (χ2n) is 5.48. The summed E-state index contributed by atoms with van der Waals surface area (Å²) in [4.78, 5) is 24.1. The average Bonchev–Trinajstić information content (AvgIpc) is 2.61. The summed E-state index contributed by atoms with van der Waals surface area (Å²) < 4.78 is 15.0. The summed E-state index contributed by atoms with van der Waals surface area (Å²) in [6.07, 6.45) is 0. The van der Waals surface area contributed by atoms with Crippen LogP contribution in [0.1, 0.15) is 31.8 Å². The van der Waals surface area contributed by atoms with Gasteiger partial charge in [0.2, 0.25) is 0 Å². The van der Waals surface area contributed by atoms with Crippen molar-refractivity contribution < 1.29 is 28.9 Å². The first-order valence-electron chi connectivity index (χ1n) is 7.54. The Hall–Kier alpha value is -3.02. The van der Waals surface area contributed by atoms with E-state index in [1.165, 1.54) is 21.3 Å². The Labute approximate surface area is 146 Å². The Bertz CT molecular complexity index is 838. The molecular weight excluding hydrogens is 324 g/mol. The summed E-state index contributed by atoms with van der Waals surface area (Å²) in [7, 11) is 3.96. The van der Waals surface area contributed by atoms with E-state index in [4.69, 9.17) is 14.2 Å². The Balaban J connectivity index is 2.80. The molecule has 0 saturated carbocycles. The highest BCUT2D eigenvalue weighted by Crippen LogP contribution is 2.41. The number of methoxy groups -OCH3 is 3. The van der Waals surface area contributed by atoms with Gasteiger partial charge in [-0.05, 0) is 25.0 Å².